The van der Waals surface area contributed by atoms with Gasteiger partial charge in [0.25, 0.3) is 0 Å². The van der Waals surface area contributed by atoms with Crippen molar-refractivity contribution in [2.45, 2.75) is 13.0 Å². The molecule has 0 aliphatic rings. The molecule has 0 radical (unpaired) electrons. The zero-order chi connectivity index (χ0) is 12.0. The van der Waals surface area contributed by atoms with Crippen LogP contribution in [0.2, 0.25) is 0 Å². The van der Waals surface area contributed by atoms with Crippen molar-refractivity contribution >= 4 is 0 Å². The van der Waals surface area contributed by atoms with Crippen LogP contribution in [0.3, 0.4) is 0 Å². The SMILES string of the molecule is COCCNC(CN)c1ccc(F)cc1C. The maximum Gasteiger partial charge on any atom is 0.123 e. The molecular formula is C12H19FN2O. The lowest BCUT2D eigenvalue weighted by Gasteiger charge is -2.19. The number of aryl methyl sites for hydroxylation is 1. The highest BCUT2D eigenvalue weighted by Crippen LogP contribution is 2.17. The van der Waals surface area contributed by atoms with Gasteiger partial charge in [-0.1, -0.05) is 6.07 Å². The first-order chi connectivity index (χ1) is 7.69. The average molecular weight is 226 g/mol. The maximum atomic E-state index is 12.9. The van der Waals surface area contributed by atoms with Gasteiger partial charge in [-0.25, -0.2) is 4.39 Å². The molecule has 0 aromatic heterocycles. The Kier molecular flexibility index (Phi) is 5.38. The molecule has 0 saturated carbocycles. The lowest BCUT2D eigenvalue weighted by molar-refractivity contribution is 0.196. The Bertz CT molecular complexity index is 331. The number of rotatable bonds is 6. The quantitative estimate of drug-likeness (QED) is 0.720. The molecule has 1 aromatic carbocycles. The molecule has 1 unspecified atom stereocenters. The summed E-state index contributed by atoms with van der Waals surface area (Å²) in [4.78, 5) is 0. The molecule has 3 nitrogen and oxygen atoms in total. The number of nitrogens with two attached hydrogens (primary N) is 1. The lowest BCUT2D eigenvalue weighted by atomic mass is 10.0. The van der Waals surface area contributed by atoms with Crippen molar-refractivity contribution in [3.8, 4) is 0 Å². The van der Waals surface area contributed by atoms with Gasteiger partial charge in [-0.05, 0) is 30.2 Å². The molecule has 0 aliphatic carbocycles. The first kappa shape index (κ1) is 13.1. The Balaban J connectivity index is 2.70. The Morgan fingerprint density at radius 1 is 1.50 bits per heavy atom. The number of halogens is 1. The van der Waals surface area contributed by atoms with Gasteiger partial charge in [0.1, 0.15) is 5.82 Å². The van der Waals surface area contributed by atoms with Crippen LogP contribution in [0.1, 0.15) is 17.2 Å². The standard InChI is InChI=1S/C12H19FN2O/c1-9-7-10(13)3-4-11(9)12(8-14)15-5-6-16-2/h3-4,7,12,15H,5-6,8,14H2,1-2H3. The zero-order valence-corrected chi connectivity index (χ0v) is 9.79. The van der Waals surface area contributed by atoms with E-state index in [1.165, 1.54) is 12.1 Å². The predicted octanol–water partition coefficient (Wildman–Crippen LogP) is 1.37. The monoisotopic (exact) mass is 226 g/mol. The van der Waals surface area contributed by atoms with Gasteiger partial charge in [-0.3, -0.25) is 0 Å². The molecule has 1 aromatic rings. The van der Waals surface area contributed by atoms with Crippen LogP contribution in [-0.4, -0.2) is 26.8 Å². The second kappa shape index (κ2) is 6.58. The summed E-state index contributed by atoms with van der Waals surface area (Å²) in [6.07, 6.45) is 0. The van der Waals surface area contributed by atoms with Crippen LogP contribution in [0.25, 0.3) is 0 Å². The van der Waals surface area contributed by atoms with Crippen molar-refractivity contribution in [3.63, 3.8) is 0 Å². The average Bonchev–Trinajstić information content (AvgIpc) is 2.26. The normalized spacial score (nSPS) is 12.8. The zero-order valence-electron chi connectivity index (χ0n) is 9.79. The first-order valence-electron chi connectivity index (χ1n) is 5.37. The molecule has 0 saturated heterocycles. The highest BCUT2D eigenvalue weighted by Gasteiger charge is 2.11. The fraction of sp³-hybridized carbons (Fsp3) is 0.500. The molecule has 0 spiro atoms. The molecule has 0 aliphatic heterocycles. The van der Waals surface area contributed by atoms with E-state index >= 15 is 0 Å². The number of ether oxygens (including phenoxy) is 1. The maximum absolute atomic E-state index is 12.9. The third-order valence-corrected chi connectivity index (χ3v) is 2.54. The minimum atomic E-state index is -0.214. The molecule has 0 fully saturated rings. The molecule has 16 heavy (non-hydrogen) atoms. The molecular weight excluding hydrogens is 207 g/mol. The van der Waals surface area contributed by atoms with Crippen molar-refractivity contribution < 1.29 is 9.13 Å². The van der Waals surface area contributed by atoms with Crippen LogP contribution in [-0.2, 0) is 4.74 Å². The Morgan fingerprint density at radius 3 is 2.81 bits per heavy atom. The van der Waals surface area contributed by atoms with E-state index in [1.807, 2.05) is 6.92 Å². The largest absolute Gasteiger partial charge is 0.383 e. The van der Waals surface area contributed by atoms with Gasteiger partial charge < -0.3 is 15.8 Å². The molecule has 0 heterocycles. The number of hydrogen-bond acceptors (Lipinski definition) is 3. The Morgan fingerprint density at radius 2 is 2.25 bits per heavy atom. The molecule has 0 amide bonds. The number of methoxy groups -OCH3 is 1. The molecule has 4 heteroatoms. The van der Waals surface area contributed by atoms with Gasteiger partial charge >= 0.3 is 0 Å². The minimum absolute atomic E-state index is 0.0516. The van der Waals surface area contributed by atoms with Crippen LogP contribution in [0, 0.1) is 12.7 Å². The van der Waals surface area contributed by atoms with E-state index in [0.29, 0.717) is 13.2 Å². The van der Waals surface area contributed by atoms with Gasteiger partial charge in [0, 0.05) is 26.2 Å². The fourth-order valence-electron chi connectivity index (χ4n) is 1.69. The Hall–Kier alpha value is -0.970. The van der Waals surface area contributed by atoms with Crippen LogP contribution in [0.4, 0.5) is 4.39 Å². The van der Waals surface area contributed by atoms with Crippen LogP contribution in [0.15, 0.2) is 18.2 Å². The second-order valence-corrected chi connectivity index (χ2v) is 3.74. The summed E-state index contributed by atoms with van der Waals surface area (Å²) >= 11 is 0. The van der Waals surface area contributed by atoms with Crippen molar-refractivity contribution in [3.05, 3.63) is 35.1 Å². The second-order valence-electron chi connectivity index (χ2n) is 3.74. The van der Waals surface area contributed by atoms with Crippen molar-refractivity contribution in [1.29, 1.82) is 0 Å². The van der Waals surface area contributed by atoms with E-state index < -0.39 is 0 Å². The van der Waals surface area contributed by atoms with Gasteiger partial charge in [0.05, 0.1) is 6.61 Å². The van der Waals surface area contributed by atoms with E-state index in [2.05, 4.69) is 5.32 Å². The highest BCUT2D eigenvalue weighted by atomic mass is 19.1. The van der Waals surface area contributed by atoms with E-state index in [0.717, 1.165) is 17.7 Å². The van der Waals surface area contributed by atoms with E-state index in [1.54, 1.807) is 13.2 Å². The van der Waals surface area contributed by atoms with Gasteiger partial charge in [0.15, 0.2) is 0 Å². The van der Waals surface area contributed by atoms with Crippen molar-refractivity contribution in [2.24, 2.45) is 5.73 Å². The Labute approximate surface area is 95.8 Å². The minimum Gasteiger partial charge on any atom is -0.383 e. The van der Waals surface area contributed by atoms with E-state index in [-0.39, 0.29) is 11.9 Å². The van der Waals surface area contributed by atoms with Gasteiger partial charge in [-0.2, -0.15) is 0 Å². The van der Waals surface area contributed by atoms with Crippen LogP contribution in [0.5, 0.6) is 0 Å². The summed E-state index contributed by atoms with van der Waals surface area (Å²) in [5.41, 5.74) is 7.66. The summed E-state index contributed by atoms with van der Waals surface area (Å²) in [6, 6.07) is 4.82. The summed E-state index contributed by atoms with van der Waals surface area (Å²) in [5, 5.41) is 3.27. The number of nitrogens with one attached hydrogen (secondary N) is 1. The van der Waals surface area contributed by atoms with Crippen molar-refractivity contribution in [2.75, 3.05) is 26.8 Å². The predicted molar refractivity (Wildman–Crippen MR) is 62.8 cm³/mol. The highest BCUT2D eigenvalue weighted by molar-refractivity contribution is 5.29. The number of benzene rings is 1. The third-order valence-electron chi connectivity index (χ3n) is 2.54. The van der Waals surface area contributed by atoms with E-state index in [4.69, 9.17) is 10.5 Å². The summed E-state index contributed by atoms with van der Waals surface area (Å²) in [5.74, 6) is -0.214. The van der Waals surface area contributed by atoms with Crippen LogP contribution < -0.4 is 11.1 Å². The number of hydrogen-bond donors (Lipinski definition) is 2. The molecule has 0 bridgehead atoms. The van der Waals surface area contributed by atoms with Gasteiger partial charge in [0.2, 0.25) is 0 Å². The molecule has 1 atom stereocenters. The van der Waals surface area contributed by atoms with Gasteiger partial charge in [-0.15, -0.1) is 0 Å². The summed E-state index contributed by atoms with van der Waals surface area (Å²) < 4.78 is 17.9. The van der Waals surface area contributed by atoms with E-state index in [9.17, 15) is 4.39 Å². The smallest absolute Gasteiger partial charge is 0.123 e. The third kappa shape index (κ3) is 3.56. The van der Waals surface area contributed by atoms with Crippen LogP contribution >= 0.6 is 0 Å². The summed E-state index contributed by atoms with van der Waals surface area (Å²) in [6.45, 7) is 3.74. The molecule has 3 N–H and O–H groups in total. The lowest BCUT2D eigenvalue weighted by Crippen LogP contribution is -2.31. The molecule has 1 rings (SSSR count). The topological polar surface area (TPSA) is 47.3 Å². The first-order valence-corrected chi connectivity index (χ1v) is 5.37. The summed E-state index contributed by atoms with van der Waals surface area (Å²) in [7, 11) is 1.66. The molecule has 90 valence electrons. The fourth-order valence-corrected chi connectivity index (χ4v) is 1.69. The van der Waals surface area contributed by atoms with Crippen molar-refractivity contribution in [1.82, 2.24) is 5.32 Å².